The minimum atomic E-state index is -1.06. The molecule has 2 aromatic rings. The van der Waals surface area contributed by atoms with E-state index in [2.05, 4.69) is 31.2 Å². The highest BCUT2D eigenvalue weighted by Crippen LogP contribution is 2.24. The van der Waals surface area contributed by atoms with Crippen LogP contribution in [0.2, 0.25) is 0 Å². The number of aryl methyl sites for hydroxylation is 2. The van der Waals surface area contributed by atoms with E-state index in [1.54, 1.807) is 19.1 Å². The van der Waals surface area contributed by atoms with E-state index in [1.165, 1.54) is 17.7 Å². The predicted molar refractivity (Wildman–Crippen MR) is 89.8 cm³/mol. The van der Waals surface area contributed by atoms with Crippen LogP contribution in [0.4, 0.5) is 4.39 Å². The SMILES string of the molecule is CCn1nc(C)c(C(C)NCC(C)(O)c2ccc(F)cc2)c1C. The van der Waals surface area contributed by atoms with Crippen LogP contribution in [-0.4, -0.2) is 21.4 Å². The van der Waals surface area contributed by atoms with E-state index in [0.29, 0.717) is 12.1 Å². The van der Waals surface area contributed by atoms with Gasteiger partial charge < -0.3 is 10.4 Å². The summed E-state index contributed by atoms with van der Waals surface area (Å²) < 4.78 is 15.0. The Labute approximate surface area is 137 Å². The van der Waals surface area contributed by atoms with Crippen molar-refractivity contribution >= 4 is 0 Å². The minimum absolute atomic E-state index is 0.0715. The van der Waals surface area contributed by atoms with Crippen LogP contribution in [0.1, 0.15) is 49.3 Å². The normalized spacial score (nSPS) is 15.4. The molecule has 2 rings (SSSR count). The predicted octanol–water partition coefficient (Wildman–Crippen LogP) is 3.22. The molecule has 0 aliphatic heterocycles. The van der Waals surface area contributed by atoms with E-state index in [-0.39, 0.29) is 11.9 Å². The Hall–Kier alpha value is -1.72. The third kappa shape index (κ3) is 3.79. The average Bonchev–Trinajstić information content (AvgIpc) is 2.79. The minimum Gasteiger partial charge on any atom is -0.384 e. The van der Waals surface area contributed by atoms with E-state index < -0.39 is 5.60 Å². The highest BCUT2D eigenvalue weighted by Gasteiger charge is 2.25. The Bertz CT molecular complexity index is 662. The summed E-state index contributed by atoms with van der Waals surface area (Å²) in [5, 5.41) is 18.6. The van der Waals surface area contributed by atoms with Gasteiger partial charge in [0, 0.05) is 30.4 Å². The first kappa shape index (κ1) is 17.6. The quantitative estimate of drug-likeness (QED) is 0.859. The summed E-state index contributed by atoms with van der Waals surface area (Å²) in [6, 6.07) is 6.04. The van der Waals surface area contributed by atoms with Gasteiger partial charge in [-0.1, -0.05) is 12.1 Å². The van der Waals surface area contributed by atoms with Gasteiger partial charge in [0.2, 0.25) is 0 Å². The summed E-state index contributed by atoms with van der Waals surface area (Å²) in [4.78, 5) is 0. The van der Waals surface area contributed by atoms with Gasteiger partial charge >= 0.3 is 0 Å². The third-order valence-corrected chi connectivity index (χ3v) is 4.39. The number of halogens is 1. The van der Waals surface area contributed by atoms with Gasteiger partial charge in [-0.15, -0.1) is 0 Å². The zero-order valence-corrected chi connectivity index (χ0v) is 14.5. The molecule has 0 aliphatic rings. The van der Waals surface area contributed by atoms with Crippen LogP contribution in [-0.2, 0) is 12.1 Å². The van der Waals surface area contributed by atoms with Gasteiger partial charge in [-0.3, -0.25) is 4.68 Å². The van der Waals surface area contributed by atoms with Crippen molar-refractivity contribution < 1.29 is 9.50 Å². The van der Waals surface area contributed by atoms with Gasteiger partial charge in [0.1, 0.15) is 5.82 Å². The molecule has 0 saturated carbocycles. The topological polar surface area (TPSA) is 50.1 Å². The van der Waals surface area contributed by atoms with Crippen LogP contribution in [0, 0.1) is 19.7 Å². The number of rotatable bonds is 6. The lowest BCUT2D eigenvalue weighted by Crippen LogP contribution is -2.37. The second-order valence-corrected chi connectivity index (χ2v) is 6.28. The first-order valence-corrected chi connectivity index (χ1v) is 8.02. The molecule has 1 heterocycles. The van der Waals surface area contributed by atoms with Gasteiger partial charge in [0.25, 0.3) is 0 Å². The van der Waals surface area contributed by atoms with Gasteiger partial charge in [-0.25, -0.2) is 4.39 Å². The molecule has 0 aliphatic carbocycles. The molecule has 2 atom stereocenters. The van der Waals surface area contributed by atoms with Crippen molar-refractivity contribution in [2.45, 2.75) is 52.8 Å². The molecule has 5 heteroatoms. The van der Waals surface area contributed by atoms with E-state index in [1.807, 2.05) is 11.6 Å². The molecule has 0 fully saturated rings. The number of hydrogen-bond acceptors (Lipinski definition) is 3. The zero-order valence-electron chi connectivity index (χ0n) is 14.5. The maximum Gasteiger partial charge on any atom is 0.123 e. The zero-order chi connectivity index (χ0) is 17.2. The Balaban J connectivity index is 2.10. The molecule has 0 radical (unpaired) electrons. The maximum absolute atomic E-state index is 13.0. The largest absolute Gasteiger partial charge is 0.384 e. The van der Waals surface area contributed by atoms with Crippen molar-refractivity contribution in [1.82, 2.24) is 15.1 Å². The molecule has 0 bridgehead atoms. The standard InChI is InChI=1S/C18H26FN3O/c1-6-22-14(4)17(13(3)21-22)12(2)20-11-18(5,23)15-7-9-16(19)10-8-15/h7-10,12,20,23H,6,11H2,1-5H3. The van der Waals surface area contributed by atoms with Crippen LogP contribution in [0.25, 0.3) is 0 Å². The van der Waals surface area contributed by atoms with Crippen LogP contribution in [0.5, 0.6) is 0 Å². The lowest BCUT2D eigenvalue weighted by atomic mass is 9.95. The Kier molecular flexibility index (Phi) is 5.22. The molecule has 4 nitrogen and oxygen atoms in total. The van der Waals surface area contributed by atoms with Crippen LogP contribution >= 0.6 is 0 Å². The van der Waals surface area contributed by atoms with E-state index in [0.717, 1.165) is 17.9 Å². The van der Waals surface area contributed by atoms with E-state index in [9.17, 15) is 9.50 Å². The average molecular weight is 319 g/mol. The highest BCUT2D eigenvalue weighted by atomic mass is 19.1. The summed E-state index contributed by atoms with van der Waals surface area (Å²) in [5.74, 6) is -0.302. The fourth-order valence-electron chi connectivity index (χ4n) is 3.01. The number of nitrogens with one attached hydrogen (secondary N) is 1. The Morgan fingerprint density at radius 1 is 1.30 bits per heavy atom. The molecule has 23 heavy (non-hydrogen) atoms. The summed E-state index contributed by atoms with van der Waals surface area (Å²) in [6.07, 6.45) is 0. The van der Waals surface area contributed by atoms with Crippen molar-refractivity contribution in [2.24, 2.45) is 0 Å². The number of benzene rings is 1. The molecule has 0 spiro atoms. The van der Waals surface area contributed by atoms with E-state index in [4.69, 9.17) is 0 Å². The van der Waals surface area contributed by atoms with E-state index >= 15 is 0 Å². The van der Waals surface area contributed by atoms with Crippen molar-refractivity contribution in [1.29, 1.82) is 0 Å². The molecule has 2 unspecified atom stereocenters. The number of aromatic nitrogens is 2. The molecule has 126 valence electrons. The number of nitrogens with zero attached hydrogens (tertiary/aromatic N) is 2. The van der Waals surface area contributed by atoms with Crippen molar-refractivity contribution in [3.05, 3.63) is 52.6 Å². The molecular weight excluding hydrogens is 293 g/mol. The summed E-state index contributed by atoms with van der Waals surface area (Å²) in [6.45, 7) is 11.1. The van der Waals surface area contributed by atoms with Crippen LogP contribution < -0.4 is 5.32 Å². The number of hydrogen-bond donors (Lipinski definition) is 2. The second-order valence-electron chi connectivity index (χ2n) is 6.28. The lowest BCUT2D eigenvalue weighted by molar-refractivity contribution is 0.0542. The Morgan fingerprint density at radius 2 is 1.91 bits per heavy atom. The molecule has 0 amide bonds. The van der Waals surface area contributed by atoms with Gasteiger partial charge in [0.15, 0.2) is 0 Å². The fraction of sp³-hybridized carbons (Fsp3) is 0.500. The fourth-order valence-corrected chi connectivity index (χ4v) is 3.01. The molecule has 1 aromatic carbocycles. The Morgan fingerprint density at radius 3 is 2.43 bits per heavy atom. The lowest BCUT2D eigenvalue weighted by Gasteiger charge is -2.27. The van der Waals surface area contributed by atoms with Crippen molar-refractivity contribution in [3.63, 3.8) is 0 Å². The van der Waals surface area contributed by atoms with Crippen molar-refractivity contribution in [3.8, 4) is 0 Å². The third-order valence-electron chi connectivity index (χ3n) is 4.39. The second kappa shape index (κ2) is 6.81. The van der Waals surface area contributed by atoms with Crippen molar-refractivity contribution in [2.75, 3.05) is 6.54 Å². The first-order chi connectivity index (χ1) is 10.8. The van der Waals surface area contributed by atoms with Gasteiger partial charge in [0.05, 0.1) is 11.3 Å². The smallest absolute Gasteiger partial charge is 0.123 e. The monoisotopic (exact) mass is 319 g/mol. The molecular formula is C18H26FN3O. The molecule has 0 saturated heterocycles. The van der Waals surface area contributed by atoms with Crippen LogP contribution in [0.15, 0.2) is 24.3 Å². The summed E-state index contributed by atoms with van der Waals surface area (Å²) >= 11 is 0. The van der Waals surface area contributed by atoms with Gasteiger partial charge in [-0.05, 0) is 52.3 Å². The highest BCUT2D eigenvalue weighted by molar-refractivity contribution is 5.28. The van der Waals surface area contributed by atoms with Crippen LogP contribution in [0.3, 0.4) is 0 Å². The maximum atomic E-state index is 13.0. The number of aliphatic hydroxyl groups is 1. The first-order valence-electron chi connectivity index (χ1n) is 8.02. The summed E-state index contributed by atoms with van der Waals surface area (Å²) in [5.41, 5.74) is 2.94. The summed E-state index contributed by atoms with van der Waals surface area (Å²) in [7, 11) is 0. The van der Waals surface area contributed by atoms with Gasteiger partial charge in [-0.2, -0.15) is 5.10 Å². The molecule has 2 N–H and O–H groups in total. The molecule has 1 aromatic heterocycles.